The van der Waals surface area contributed by atoms with Crippen LogP contribution in [-0.4, -0.2) is 39.8 Å². The summed E-state index contributed by atoms with van der Waals surface area (Å²) in [6.45, 7) is 5.48. The Labute approximate surface area is 155 Å². The Kier molecular flexibility index (Phi) is 6.57. The van der Waals surface area contributed by atoms with Gasteiger partial charge in [-0.05, 0) is 62.4 Å². The molecule has 1 aromatic rings. The molecule has 1 aromatic heterocycles. The highest BCUT2D eigenvalue weighted by atomic mass is 79.9. The molecule has 0 radical (unpaired) electrons. The fraction of sp³-hybridized carbons (Fsp3) is 0.625. The van der Waals surface area contributed by atoms with E-state index in [0.29, 0.717) is 4.47 Å². The molecule has 1 fully saturated rings. The lowest BCUT2D eigenvalue weighted by atomic mass is 9.91. The second kappa shape index (κ2) is 8.46. The number of rotatable bonds is 3. The number of hydrogen-bond acceptors (Lipinski definition) is 6. The molecule has 1 saturated carbocycles. The number of nitrogens with zero attached hydrogens (tertiary/aromatic N) is 2. The van der Waals surface area contributed by atoms with Crippen molar-refractivity contribution in [2.24, 2.45) is 0 Å². The third-order valence-electron chi connectivity index (χ3n) is 3.55. The number of carbonyl (C=O) groups excluding carboxylic acids is 2. The molecule has 138 valence electrons. The Morgan fingerprint density at radius 2 is 1.52 bits per heavy atom. The third kappa shape index (κ3) is 7.25. The number of ether oxygens (including phenoxy) is 2. The molecule has 0 aromatic carbocycles. The van der Waals surface area contributed by atoms with Gasteiger partial charge in [-0.1, -0.05) is 0 Å². The van der Waals surface area contributed by atoms with Crippen LogP contribution in [-0.2, 0) is 4.74 Å². The second-order valence-electron chi connectivity index (χ2n) is 6.91. The van der Waals surface area contributed by atoms with E-state index in [4.69, 9.17) is 9.47 Å². The maximum absolute atomic E-state index is 11.9. The van der Waals surface area contributed by atoms with Crippen molar-refractivity contribution in [1.29, 1.82) is 0 Å². The smallest absolute Gasteiger partial charge is 0.415 e. The summed E-state index contributed by atoms with van der Waals surface area (Å²) in [6, 6.07) is 0.0549. The van der Waals surface area contributed by atoms with Crippen LogP contribution in [0.25, 0.3) is 0 Å². The van der Waals surface area contributed by atoms with Gasteiger partial charge in [0.15, 0.2) is 0 Å². The number of alkyl carbamates (subject to hydrolysis) is 1. The van der Waals surface area contributed by atoms with Crippen molar-refractivity contribution in [3.05, 3.63) is 16.9 Å². The van der Waals surface area contributed by atoms with E-state index < -0.39 is 17.8 Å². The molecule has 2 N–H and O–H groups in total. The standard InChI is InChI=1S/C16H23BrN4O4/c1-16(2,3)25-15(23)21-12-6-4-11(5-7-12)20-14(22)24-13-18-8-10(17)9-19-13/h8-9,11-12H,4-7H2,1-3H3,(H,20,22)(H,21,23). The molecule has 0 atom stereocenters. The molecular formula is C16H23BrN4O4. The summed E-state index contributed by atoms with van der Waals surface area (Å²) in [7, 11) is 0. The van der Waals surface area contributed by atoms with Crippen LogP contribution in [0.5, 0.6) is 6.01 Å². The van der Waals surface area contributed by atoms with Crippen molar-refractivity contribution < 1.29 is 19.1 Å². The molecule has 1 aliphatic carbocycles. The summed E-state index contributed by atoms with van der Waals surface area (Å²) in [5, 5.41) is 5.66. The molecule has 25 heavy (non-hydrogen) atoms. The lowest BCUT2D eigenvalue weighted by molar-refractivity contribution is 0.0489. The van der Waals surface area contributed by atoms with Crippen LogP contribution >= 0.6 is 15.9 Å². The fourth-order valence-corrected chi connectivity index (χ4v) is 2.69. The second-order valence-corrected chi connectivity index (χ2v) is 7.83. The number of amides is 2. The van der Waals surface area contributed by atoms with Gasteiger partial charge in [-0.15, -0.1) is 0 Å². The SMILES string of the molecule is CC(C)(C)OC(=O)NC1CCC(NC(=O)Oc2ncc(Br)cn2)CC1. The van der Waals surface area contributed by atoms with Crippen molar-refractivity contribution in [2.45, 2.75) is 64.1 Å². The number of nitrogens with one attached hydrogen (secondary N) is 2. The zero-order valence-corrected chi connectivity index (χ0v) is 16.1. The highest BCUT2D eigenvalue weighted by Crippen LogP contribution is 2.19. The largest absolute Gasteiger partial charge is 0.444 e. The molecule has 0 unspecified atom stereocenters. The summed E-state index contributed by atoms with van der Waals surface area (Å²) in [6.07, 6.45) is 5.04. The summed E-state index contributed by atoms with van der Waals surface area (Å²) in [5.41, 5.74) is -0.512. The van der Waals surface area contributed by atoms with Crippen molar-refractivity contribution in [2.75, 3.05) is 0 Å². The average molecular weight is 415 g/mol. The molecule has 2 rings (SSSR count). The molecule has 0 spiro atoms. The molecule has 1 heterocycles. The third-order valence-corrected chi connectivity index (χ3v) is 3.96. The van der Waals surface area contributed by atoms with E-state index in [9.17, 15) is 9.59 Å². The van der Waals surface area contributed by atoms with Crippen LogP contribution in [0.1, 0.15) is 46.5 Å². The molecule has 0 saturated heterocycles. The normalized spacial score (nSPS) is 20.5. The van der Waals surface area contributed by atoms with Gasteiger partial charge < -0.3 is 20.1 Å². The highest BCUT2D eigenvalue weighted by Gasteiger charge is 2.26. The first kappa shape index (κ1) is 19.4. The zero-order valence-electron chi connectivity index (χ0n) is 14.5. The maximum atomic E-state index is 11.9. The molecule has 0 bridgehead atoms. The van der Waals surface area contributed by atoms with Gasteiger partial charge >= 0.3 is 18.2 Å². The van der Waals surface area contributed by atoms with Crippen LogP contribution in [0.15, 0.2) is 16.9 Å². The first-order chi connectivity index (χ1) is 11.7. The highest BCUT2D eigenvalue weighted by molar-refractivity contribution is 9.10. The summed E-state index contributed by atoms with van der Waals surface area (Å²) >= 11 is 3.21. The zero-order chi connectivity index (χ0) is 18.4. The topological polar surface area (TPSA) is 102 Å². The van der Waals surface area contributed by atoms with E-state index in [2.05, 4.69) is 36.5 Å². The molecule has 1 aliphatic rings. The van der Waals surface area contributed by atoms with E-state index in [-0.39, 0.29) is 18.1 Å². The summed E-state index contributed by atoms with van der Waals surface area (Å²) in [4.78, 5) is 31.4. The average Bonchev–Trinajstić information content (AvgIpc) is 2.49. The van der Waals surface area contributed by atoms with Crippen LogP contribution in [0.2, 0.25) is 0 Å². The summed E-state index contributed by atoms with van der Waals surface area (Å²) < 4.78 is 11.0. The van der Waals surface area contributed by atoms with Crippen LogP contribution in [0.3, 0.4) is 0 Å². The van der Waals surface area contributed by atoms with Gasteiger partial charge in [0.05, 0.1) is 4.47 Å². The van der Waals surface area contributed by atoms with Crippen molar-refractivity contribution in [3.63, 3.8) is 0 Å². The predicted octanol–water partition coefficient (Wildman–Crippen LogP) is 3.16. The molecule has 0 aliphatic heterocycles. The number of aromatic nitrogens is 2. The van der Waals surface area contributed by atoms with Gasteiger partial charge in [0, 0.05) is 24.5 Å². The first-order valence-corrected chi connectivity index (χ1v) is 8.96. The van der Waals surface area contributed by atoms with Crippen LogP contribution < -0.4 is 15.4 Å². The lowest BCUT2D eigenvalue weighted by Gasteiger charge is -2.30. The van der Waals surface area contributed by atoms with Crippen molar-refractivity contribution in [1.82, 2.24) is 20.6 Å². The van der Waals surface area contributed by atoms with E-state index >= 15 is 0 Å². The number of halogens is 1. The predicted molar refractivity (Wildman–Crippen MR) is 94.3 cm³/mol. The Bertz CT molecular complexity index is 595. The minimum absolute atomic E-state index is 0.000338. The van der Waals surface area contributed by atoms with E-state index in [1.807, 2.05) is 20.8 Å². The van der Waals surface area contributed by atoms with Crippen LogP contribution in [0, 0.1) is 0 Å². The number of hydrogen-bond donors (Lipinski definition) is 2. The van der Waals surface area contributed by atoms with Gasteiger partial charge in [0.2, 0.25) is 0 Å². The van der Waals surface area contributed by atoms with Gasteiger partial charge in [-0.3, -0.25) is 0 Å². The lowest BCUT2D eigenvalue weighted by Crippen LogP contribution is -2.45. The van der Waals surface area contributed by atoms with E-state index in [1.54, 1.807) is 0 Å². The van der Waals surface area contributed by atoms with Gasteiger partial charge in [0.25, 0.3) is 0 Å². The molecular weight excluding hydrogens is 392 g/mol. The first-order valence-electron chi connectivity index (χ1n) is 8.17. The molecule has 2 amide bonds. The van der Waals surface area contributed by atoms with Crippen molar-refractivity contribution in [3.8, 4) is 6.01 Å². The van der Waals surface area contributed by atoms with Crippen LogP contribution in [0.4, 0.5) is 9.59 Å². The Morgan fingerprint density at radius 3 is 2.00 bits per heavy atom. The van der Waals surface area contributed by atoms with Gasteiger partial charge in [0.1, 0.15) is 5.60 Å². The van der Waals surface area contributed by atoms with Crippen molar-refractivity contribution >= 4 is 28.1 Å². The summed E-state index contributed by atoms with van der Waals surface area (Å²) in [5.74, 6) is 0. The Morgan fingerprint density at radius 1 is 1.04 bits per heavy atom. The quantitative estimate of drug-likeness (QED) is 0.786. The Hall–Kier alpha value is -1.90. The maximum Gasteiger partial charge on any atom is 0.415 e. The fourth-order valence-electron chi connectivity index (χ4n) is 2.49. The van der Waals surface area contributed by atoms with E-state index in [0.717, 1.165) is 25.7 Å². The monoisotopic (exact) mass is 414 g/mol. The molecule has 9 heteroatoms. The van der Waals surface area contributed by atoms with Gasteiger partial charge in [-0.2, -0.15) is 0 Å². The Balaban J connectivity index is 1.70. The van der Waals surface area contributed by atoms with E-state index in [1.165, 1.54) is 12.4 Å². The minimum atomic E-state index is -0.578. The minimum Gasteiger partial charge on any atom is -0.444 e. The van der Waals surface area contributed by atoms with Gasteiger partial charge in [-0.25, -0.2) is 19.6 Å². The number of carbonyl (C=O) groups is 2. The molecule has 8 nitrogen and oxygen atoms in total.